The minimum atomic E-state index is -3.44. The zero-order valence-electron chi connectivity index (χ0n) is 17.0. The molecule has 0 spiro atoms. The number of hydrogen-bond donors (Lipinski definition) is 1. The van der Waals surface area contributed by atoms with E-state index >= 15 is 0 Å². The number of halogens is 2. The average molecular weight is 510 g/mol. The Hall–Kier alpha value is -1.68. The lowest BCUT2D eigenvalue weighted by atomic mass is 10.2. The minimum absolute atomic E-state index is 0.227. The van der Waals surface area contributed by atoms with Gasteiger partial charge in [0.2, 0.25) is 10.0 Å². The zero-order chi connectivity index (χ0) is 21.6. The van der Waals surface area contributed by atoms with Crippen LogP contribution in [0.5, 0.6) is 0 Å². The summed E-state index contributed by atoms with van der Waals surface area (Å²) in [4.78, 5) is 2.34. The topological polar surface area (TPSA) is 61.9 Å². The molecule has 5 rings (SSSR count). The molecule has 0 bridgehead atoms. The molecule has 0 radical (unpaired) electrons. The molecule has 2 heterocycles. The maximum Gasteiger partial charge on any atom is 0.243 e. The molecule has 1 saturated carbocycles. The van der Waals surface area contributed by atoms with Gasteiger partial charge in [-0.15, -0.1) is 0 Å². The van der Waals surface area contributed by atoms with Crippen LogP contribution in [0.3, 0.4) is 0 Å². The normalized spacial score (nSPS) is 26.0. The second kappa shape index (κ2) is 8.35. The first-order valence-corrected chi connectivity index (χ1v) is 12.8. The largest absolute Gasteiger partial charge is 0.385 e. The van der Waals surface area contributed by atoms with Gasteiger partial charge in [-0.1, -0.05) is 15.9 Å². The van der Waals surface area contributed by atoms with Crippen molar-refractivity contribution < 1.29 is 17.5 Å². The average Bonchev–Trinajstić information content (AvgIpc) is 3.21. The summed E-state index contributed by atoms with van der Waals surface area (Å²) in [6.07, 6.45) is 0. The van der Waals surface area contributed by atoms with E-state index in [0.717, 1.165) is 16.7 Å². The monoisotopic (exact) mass is 509 g/mol. The molecule has 0 amide bonds. The smallest absolute Gasteiger partial charge is 0.243 e. The molecule has 1 aliphatic carbocycles. The molecule has 6 nitrogen and oxygen atoms in total. The second-order valence-electron chi connectivity index (χ2n) is 8.41. The summed E-state index contributed by atoms with van der Waals surface area (Å²) in [5.41, 5.74) is 1.38. The summed E-state index contributed by atoms with van der Waals surface area (Å²) >= 11 is 3.34. The van der Waals surface area contributed by atoms with E-state index in [2.05, 4.69) is 21.2 Å². The Bertz CT molecular complexity index is 1050. The molecule has 2 aliphatic heterocycles. The first-order chi connectivity index (χ1) is 14.9. The van der Waals surface area contributed by atoms with Gasteiger partial charge in [0.1, 0.15) is 5.82 Å². The third kappa shape index (κ3) is 4.20. The highest BCUT2D eigenvalue weighted by Crippen LogP contribution is 2.52. The standard InChI is InChI=1S/C22H25BrFN3O3S/c23-15-1-4-17(5-2-15)31(28,29)27-13-19-18(20(19)14-27)12-25-16-3-6-22(21(24)11-16)26-7-9-30-10-8-26/h1-6,11,18-20,25H,7-10,12-14H2. The van der Waals surface area contributed by atoms with E-state index in [-0.39, 0.29) is 5.82 Å². The van der Waals surface area contributed by atoms with E-state index < -0.39 is 10.0 Å². The van der Waals surface area contributed by atoms with Gasteiger partial charge in [0.25, 0.3) is 0 Å². The number of nitrogens with zero attached hydrogens (tertiary/aromatic N) is 2. The SMILES string of the molecule is O=S(=O)(c1ccc(Br)cc1)N1CC2C(CNc3ccc(N4CCOCC4)c(F)c3)C2C1. The van der Waals surface area contributed by atoms with Gasteiger partial charge >= 0.3 is 0 Å². The van der Waals surface area contributed by atoms with Crippen molar-refractivity contribution in [1.29, 1.82) is 0 Å². The number of anilines is 2. The lowest BCUT2D eigenvalue weighted by molar-refractivity contribution is 0.122. The second-order valence-corrected chi connectivity index (χ2v) is 11.3. The highest BCUT2D eigenvalue weighted by Gasteiger charge is 2.57. The van der Waals surface area contributed by atoms with E-state index in [4.69, 9.17) is 4.74 Å². The van der Waals surface area contributed by atoms with Crippen LogP contribution in [0, 0.1) is 23.6 Å². The Kier molecular flexibility index (Phi) is 5.70. The molecule has 2 aromatic carbocycles. The van der Waals surface area contributed by atoms with Crippen LogP contribution >= 0.6 is 15.9 Å². The van der Waals surface area contributed by atoms with E-state index in [1.807, 2.05) is 17.0 Å². The Labute approximate surface area is 190 Å². The van der Waals surface area contributed by atoms with Crippen LogP contribution in [-0.2, 0) is 14.8 Å². The Morgan fingerprint density at radius 3 is 2.39 bits per heavy atom. The highest BCUT2D eigenvalue weighted by atomic mass is 79.9. The van der Waals surface area contributed by atoms with Crippen molar-refractivity contribution in [3.63, 3.8) is 0 Å². The number of piperidine rings is 1. The Balaban J connectivity index is 1.15. The quantitative estimate of drug-likeness (QED) is 0.646. The molecule has 2 unspecified atom stereocenters. The van der Waals surface area contributed by atoms with Crippen molar-refractivity contribution in [1.82, 2.24) is 4.31 Å². The summed E-state index contributed by atoms with van der Waals surface area (Å²) in [5, 5.41) is 3.34. The zero-order valence-corrected chi connectivity index (χ0v) is 19.4. The van der Waals surface area contributed by atoms with E-state index in [1.54, 1.807) is 34.6 Å². The number of hydrogen-bond acceptors (Lipinski definition) is 5. The molecule has 2 saturated heterocycles. The maximum absolute atomic E-state index is 14.6. The van der Waals surface area contributed by atoms with Crippen molar-refractivity contribution in [2.24, 2.45) is 17.8 Å². The summed E-state index contributed by atoms with van der Waals surface area (Å²) in [6.45, 7) is 4.50. The highest BCUT2D eigenvalue weighted by molar-refractivity contribution is 9.10. The number of sulfonamides is 1. The van der Waals surface area contributed by atoms with Crippen LogP contribution in [0.15, 0.2) is 51.8 Å². The summed E-state index contributed by atoms with van der Waals surface area (Å²) in [6, 6.07) is 12.1. The summed E-state index contributed by atoms with van der Waals surface area (Å²) < 4.78 is 48.0. The fraction of sp³-hybridized carbons (Fsp3) is 0.455. The summed E-state index contributed by atoms with van der Waals surface area (Å²) in [5.74, 6) is 0.943. The number of rotatable bonds is 6. The van der Waals surface area contributed by atoms with Crippen molar-refractivity contribution in [2.45, 2.75) is 4.90 Å². The van der Waals surface area contributed by atoms with E-state index in [1.165, 1.54) is 0 Å². The third-order valence-electron chi connectivity index (χ3n) is 6.63. The van der Waals surface area contributed by atoms with Gasteiger partial charge in [-0.2, -0.15) is 4.31 Å². The van der Waals surface area contributed by atoms with Gasteiger partial charge < -0.3 is 15.0 Å². The number of fused-ring (bicyclic) bond motifs is 1. The molecular formula is C22H25BrFN3O3S. The van der Waals surface area contributed by atoms with E-state index in [9.17, 15) is 12.8 Å². The first-order valence-electron chi connectivity index (χ1n) is 10.6. The fourth-order valence-corrected chi connectivity index (χ4v) is 6.56. The van der Waals surface area contributed by atoms with Crippen molar-refractivity contribution in [3.8, 4) is 0 Å². The molecule has 9 heteroatoms. The van der Waals surface area contributed by atoms with Gasteiger partial charge in [0.15, 0.2) is 0 Å². The number of nitrogens with one attached hydrogen (secondary N) is 1. The minimum Gasteiger partial charge on any atom is -0.385 e. The van der Waals surface area contributed by atoms with Crippen LogP contribution in [0.2, 0.25) is 0 Å². The van der Waals surface area contributed by atoms with Crippen LogP contribution in [0.25, 0.3) is 0 Å². The lowest BCUT2D eigenvalue weighted by Crippen LogP contribution is -2.36. The third-order valence-corrected chi connectivity index (χ3v) is 9.01. The van der Waals surface area contributed by atoms with Crippen LogP contribution in [0.4, 0.5) is 15.8 Å². The Morgan fingerprint density at radius 1 is 1.06 bits per heavy atom. The summed E-state index contributed by atoms with van der Waals surface area (Å²) in [7, 11) is -3.44. The molecule has 0 aromatic heterocycles. The van der Waals surface area contributed by atoms with Crippen LogP contribution < -0.4 is 10.2 Å². The Morgan fingerprint density at radius 2 is 1.74 bits per heavy atom. The van der Waals surface area contributed by atoms with Crippen LogP contribution in [-0.4, -0.2) is 58.7 Å². The number of morpholine rings is 1. The number of benzene rings is 2. The molecule has 31 heavy (non-hydrogen) atoms. The molecular weight excluding hydrogens is 485 g/mol. The van der Waals surface area contributed by atoms with Gasteiger partial charge in [-0.25, -0.2) is 12.8 Å². The molecule has 2 atom stereocenters. The molecule has 1 N–H and O–H groups in total. The molecule has 3 aliphatic rings. The maximum atomic E-state index is 14.6. The predicted molar refractivity (Wildman–Crippen MR) is 121 cm³/mol. The van der Waals surface area contributed by atoms with Crippen LogP contribution in [0.1, 0.15) is 0 Å². The van der Waals surface area contributed by atoms with Crippen molar-refractivity contribution in [2.75, 3.05) is 56.2 Å². The first kappa shape index (κ1) is 21.2. The van der Waals surface area contributed by atoms with Gasteiger partial charge in [-0.3, -0.25) is 0 Å². The molecule has 2 aromatic rings. The van der Waals surface area contributed by atoms with Crippen molar-refractivity contribution >= 4 is 37.3 Å². The van der Waals surface area contributed by atoms with Gasteiger partial charge in [0, 0.05) is 42.9 Å². The molecule has 3 fully saturated rings. The van der Waals surface area contributed by atoms with E-state index in [0.29, 0.717) is 67.7 Å². The lowest BCUT2D eigenvalue weighted by Gasteiger charge is -2.29. The fourth-order valence-electron chi connectivity index (χ4n) is 4.78. The number of ether oxygens (including phenoxy) is 1. The molecule has 166 valence electrons. The predicted octanol–water partition coefficient (Wildman–Crippen LogP) is 3.40. The van der Waals surface area contributed by atoms with Gasteiger partial charge in [-0.05, 0) is 60.2 Å². The van der Waals surface area contributed by atoms with Gasteiger partial charge in [0.05, 0.1) is 23.8 Å². The van der Waals surface area contributed by atoms with Crippen molar-refractivity contribution in [3.05, 3.63) is 52.8 Å².